The third kappa shape index (κ3) is 4.78. The molecule has 0 amide bonds. The highest BCUT2D eigenvalue weighted by molar-refractivity contribution is 5.44. The number of nitrogens with one attached hydrogen (secondary N) is 1. The molecule has 0 aromatic heterocycles. The molecular weight excluding hydrogens is 230 g/mol. The van der Waals surface area contributed by atoms with Crippen LogP contribution < -0.4 is 5.32 Å². The van der Waals surface area contributed by atoms with Crippen molar-refractivity contribution in [3.63, 3.8) is 0 Å². The maximum absolute atomic E-state index is 3.48. The van der Waals surface area contributed by atoms with E-state index in [2.05, 4.69) is 66.8 Å². The van der Waals surface area contributed by atoms with Crippen LogP contribution in [0.5, 0.6) is 0 Å². The van der Waals surface area contributed by atoms with E-state index in [1.165, 1.54) is 36.1 Å². The van der Waals surface area contributed by atoms with E-state index in [0.29, 0.717) is 0 Å². The molecule has 0 atom stereocenters. The quantitative estimate of drug-likeness (QED) is 0.706. The van der Waals surface area contributed by atoms with Crippen LogP contribution >= 0.6 is 0 Å². The second-order valence-electron chi connectivity index (χ2n) is 4.92. The highest BCUT2D eigenvalue weighted by atomic mass is 14.9. The molecule has 100 valence electrons. The van der Waals surface area contributed by atoms with Gasteiger partial charge in [-0.05, 0) is 48.9 Å². The number of anilines is 1. The average Bonchev–Trinajstić information content (AvgIpc) is 2.49. The first kappa shape index (κ1) is 13.7. The van der Waals surface area contributed by atoms with Gasteiger partial charge in [-0.3, -0.25) is 0 Å². The molecule has 0 unspecified atom stereocenters. The van der Waals surface area contributed by atoms with E-state index in [-0.39, 0.29) is 0 Å². The molecule has 0 heterocycles. The van der Waals surface area contributed by atoms with Crippen molar-refractivity contribution in [1.82, 2.24) is 0 Å². The van der Waals surface area contributed by atoms with E-state index < -0.39 is 0 Å². The Labute approximate surface area is 116 Å². The Hall–Kier alpha value is -1.76. The minimum Gasteiger partial charge on any atom is -0.385 e. The fourth-order valence-corrected chi connectivity index (χ4v) is 2.19. The van der Waals surface area contributed by atoms with Crippen LogP contribution in [0.2, 0.25) is 0 Å². The van der Waals surface area contributed by atoms with Crippen molar-refractivity contribution in [2.75, 3.05) is 11.9 Å². The zero-order chi connectivity index (χ0) is 13.3. The van der Waals surface area contributed by atoms with Crippen LogP contribution in [0.3, 0.4) is 0 Å². The molecule has 2 aromatic rings. The summed E-state index contributed by atoms with van der Waals surface area (Å²) in [6, 6.07) is 19.5. The van der Waals surface area contributed by atoms with Crippen molar-refractivity contribution < 1.29 is 0 Å². The molecule has 0 bridgehead atoms. The van der Waals surface area contributed by atoms with Gasteiger partial charge in [-0.2, -0.15) is 0 Å². The third-order valence-corrected chi connectivity index (χ3v) is 3.43. The molecule has 0 fully saturated rings. The van der Waals surface area contributed by atoms with Crippen LogP contribution in [0.15, 0.2) is 54.6 Å². The molecule has 0 saturated heterocycles. The third-order valence-electron chi connectivity index (χ3n) is 3.43. The molecule has 2 aromatic carbocycles. The predicted molar refractivity (Wildman–Crippen MR) is 83.7 cm³/mol. The van der Waals surface area contributed by atoms with Crippen LogP contribution in [0, 0.1) is 0 Å². The van der Waals surface area contributed by atoms with Gasteiger partial charge in [-0.25, -0.2) is 0 Å². The molecule has 0 aliphatic heterocycles. The molecule has 0 aliphatic rings. The summed E-state index contributed by atoms with van der Waals surface area (Å²) in [4.78, 5) is 0. The van der Waals surface area contributed by atoms with Crippen molar-refractivity contribution in [2.24, 2.45) is 0 Å². The van der Waals surface area contributed by atoms with Gasteiger partial charge in [0.25, 0.3) is 0 Å². The van der Waals surface area contributed by atoms with Gasteiger partial charge in [0.2, 0.25) is 0 Å². The Morgan fingerprint density at radius 1 is 0.789 bits per heavy atom. The second-order valence-corrected chi connectivity index (χ2v) is 4.92. The Kier molecular flexibility index (Phi) is 5.49. The first-order valence-corrected chi connectivity index (χ1v) is 7.25. The summed E-state index contributed by atoms with van der Waals surface area (Å²) >= 11 is 0. The maximum Gasteiger partial charge on any atom is 0.0340 e. The monoisotopic (exact) mass is 253 g/mol. The van der Waals surface area contributed by atoms with E-state index in [1.807, 2.05) is 0 Å². The van der Waals surface area contributed by atoms with Gasteiger partial charge in [0.15, 0.2) is 0 Å². The van der Waals surface area contributed by atoms with Crippen LogP contribution in [0.1, 0.15) is 30.9 Å². The summed E-state index contributed by atoms with van der Waals surface area (Å²) in [5, 5.41) is 3.48. The van der Waals surface area contributed by atoms with Gasteiger partial charge in [0, 0.05) is 12.2 Å². The first-order chi connectivity index (χ1) is 9.38. The van der Waals surface area contributed by atoms with Crippen LogP contribution in [0.4, 0.5) is 5.69 Å². The topological polar surface area (TPSA) is 12.0 Å². The fourth-order valence-electron chi connectivity index (χ4n) is 2.19. The van der Waals surface area contributed by atoms with Crippen molar-refractivity contribution in [1.29, 1.82) is 0 Å². The van der Waals surface area contributed by atoms with Crippen molar-refractivity contribution in [3.8, 4) is 0 Å². The smallest absolute Gasteiger partial charge is 0.0340 e. The molecule has 1 heteroatoms. The predicted octanol–water partition coefficient (Wildman–Crippen LogP) is 4.68. The minimum absolute atomic E-state index is 1.05. The first-order valence-electron chi connectivity index (χ1n) is 7.25. The summed E-state index contributed by atoms with van der Waals surface area (Å²) in [5.74, 6) is 0. The molecule has 0 aliphatic carbocycles. The van der Waals surface area contributed by atoms with E-state index in [9.17, 15) is 0 Å². The number of hydrogen-bond donors (Lipinski definition) is 1. The summed E-state index contributed by atoms with van der Waals surface area (Å²) < 4.78 is 0. The molecule has 2 rings (SSSR count). The molecule has 19 heavy (non-hydrogen) atoms. The largest absolute Gasteiger partial charge is 0.385 e. The minimum atomic E-state index is 1.05. The molecule has 1 nitrogen and oxygen atoms in total. The maximum atomic E-state index is 3.48. The van der Waals surface area contributed by atoms with Gasteiger partial charge in [-0.15, -0.1) is 0 Å². The number of benzene rings is 2. The summed E-state index contributed by atoms with van der Waals surface area (Å²) in [6.45, 7) is 3.24. The van der Waals surface area contributed by atoms with E-state index >= 15 is 0 Å². The lowest BCUT2D eigenvalue weighted by molar-refractivity contribution is 0.763. The number of aryl methyl sites for hydroxylation is 2. The number of hydrogen-bond acceptors (Lipinski definition) is 1. The fraction of sp³-hybridized carbons (Fsp3) is 0.333. The SMILES string of the molecule is CCc1ccc(NCCCCc2ccccc2)cc1. The zero-order valence-electron chi connectivity index (χ0n) is 11.7. The molecule has 0 spiro atoms. The van der Waals surface area contributed by atoms with Gasteiger partial charge >= 0.3 is 0 Å². The zero-order valence-corrected chi connectivity index (χ0v) is 11.7. The van der Waals surface area contributed by atoms with Gasteiger partial charge in [0.05, 0.1) is 0 Å². The van der Waals surface area contributed by atoms with Crippen molar-refractivity contribution in [3.05, 3.63) is 65.7 Å². The molecular formula is C18H23N. The Morgan fingerprint density at radius 3 is 2.21 bits per heavy atom. The highest BCUT2D eigenvalue weighted by Gasteiger charge is 1.94. The van der Waals surface area contributed by atoms with Crippen molar-refractivity contribution in [2.45, 2.75) is 32.6 Å². The summed E-state index contributed by atoms with van der Waals surface area (Å²) in [7, 11) is 0. The molecule has 0 radical (unpaired) electrons. The summed E-state index contributed by atoms with van der Waals surface area (Å²) in [5.41, 5.74) is 4.07. The lowest BCUT2D eigenvalue weighted by Gasteiger charge is -2.07. The van der Waals surface area contributed by atoms with E-state index in [1.54, 1.807) is 0 Å². The average molecular weight is 253 g/mol. The Morgan fingerprint density at radius 2 is 1.53 bits per heavy atom. The second kappa shape index (κ2) is 7.63. The van der Waals surface area contributed by atoms with Crippen LogP contribution in [-0.2, 0) is 12.8 Å². The summed E-state index contributed by atoms with van der Waals surface area (Å²) in [6.07, 6.45) is 4.74. The highest BCUT2D eigenvalue weighted by Crippen LogP contribution is 2.10. The van der Waals surface area contributed by atoms with Gasteiger partial charge in [-0.1, -0.05) is 49.4 Å². The van der Waals surface area contributed by atoms with E-state index in [4.69, 9.17) is 0 Å². The van der Waals surface area contributed by atoms with Gasteiger partial charge in [0.1, 0.15) is 0 Å². The molecule has 1 N–H and O–H groups in total. The number of rotatable bonds is 7. The number of unbranched alkanes of at least 4 members (excludes halogenated alkanes) is 1. The normalized spacial score (nSPS) is 10.4. The van der Waals surface area contributed by atoms with Crippen molar-refractivity contribution >= 4 is 5.69 Å². The lowest BCUT2D eigenvalue weighted by atomic mass is 10.1. The Bertz CT molecular complexity index is 459. The standard InChI is InChI=1S/C18H23N/c1-2-16-11-13-18(14-12-16)19-15-7-6-10-17-8-4-3-5-9-17/h3-5,8-9,11-14,19H,2,6-7,10,15H2,1H3. The Balaban J connectivity index is 1.63. The molecule has 0 saturated carbocycles. The van der Waals surface area contributed by atoms with Crippen LogP contribution in [0.25, 0.3) is 0 Å². The van der Waals surface area contributed by atoms with Crippen LogP contribution in [-0.4, -0.2) is 6.54 Å². The lowest BCUT2D eigenvalue weighted by Crippen LogP contribution is -2.02. The van der Waals surface area contributed by atoms with E-state index in [0.717, 1.165) is 13.0 Å². The van der Waals surface area contributed by atoms with Gasteiger partial charge < -0.3 is 5.32 Å².